The molecule has 3 rings (SSSR count). The Balaban J connectivity index is 1.72. The third kappa shape index (κ3) is 2.72. The summed E-state index contributed by atoms with van der Waals surface area (Å²) in [6, 6.07) is 15.6. The SMILES string of the molecule is Cc1ccc2c(c1)C(=O)C(=O)N2CCSc1ccccc1. The summed E-state index contributed by atoms with van der Waals surface area (Å²) in [5.41, 5.74) is 2.27. The minimum absolute atomic E-state index is 0.390. The van der Waals surface area contributed by atoms with Gasteiger partial charge >= 0.3 is 0 Å². The summed E-state index contributed by atoms with van der Waals surface area (Å²) in [5, 5.41) is 0. The van der Waals surface area contributed by atoms with Crippen molar-refractivity contribution < 1.29 is 9.59 Å². The lowest BCUT2D eigenvalue weighted by atomic mass is 10.1. The van der Waals surface area contributed by atoms with Gasteiger partial charge in [-0.25, -0.2) is 0 Å². The maximum atomic E-state index is 12.1. The number of carbonyl (C=O) groups is 2. The van der Waals surface area contributed by atoms with Crippen LogP contribution in [0.4, 0.5) is 5.69 Å². The van der Waals surface area contributed by atoms with Crippen molar-refractivity contribution in [3.8, 4) is 0 Å². The number of nitrogens with zero attached hydrogens (tertiary/aromatic N) is 1. The molecule has 0 saturated carbocycles. The second-order valence-electron chi connectivity index (χ2n) is 4.97. The molecule has 0 spiro atoms. The Labute approximate surface area is 128 Å². The molecule has 1 aliphatic rings. The van der Waals surface area contributed by atoms with Gasteiger partial charge < -0.3 is 4.90 Å². The quantitative estimate of drug-likeness (QED) is 0.642. The van der Waals surface area contributed by atoms with Crippen LogP contribution in [0.3, 0.4) is 0 Å². The van der Waals surface area contributed by atoms with Crippen molar-refractivity contribution in [3.63, 3.8) is 0 Å². The second kappa shape index (κ2) is 5.74. The maximum Gasteiger partial charge on any atom is 0.299 e. The molecule has 4 heteroatoms. The third-order valence-corrected chi connectivity index (χ3v) is 4.45. The van der Waals surface area contributed by atoms with Crippen molar-refractivity contribution >= 4 is 29.1 Å². The van der Waals surface area contributed by atoms with Gasteiger partial charge in [-0.15, -0.1) is 11.8 Å². The highest BCUT2D eigenvalue weighted by Crippen LogP contribution is 2.30. The van der Waals surface area contributed by atoms with Gasteiger partial charge in [0.2, 0.25) is 0 Å². The highest BCUT2D eigenvalue weighted by molar-refractivity contribution is 7.99. The molecule has 21 heavy (non-hydrogen) atoms. The number of anilines is 1. The van der Waals surface area contributed by atoms with E-state index in [-0.39, 0.29) is 0 Å². The lowest BCUT2D eigenvalue weighted by molar-refractivity contribution is -0.114. The Morgan fingerprint density at radius 1 is 1.05 bits per heavy atom. The van der Waals surface area contributed by atoms with Gasteiger partial charge in [0, 0.05) is 17.2 Å². The van der Waals surface area contributed by atoms with E-state index in [9.17, 15) is 9.59 Å². The monoisotopic (exact) mass is 297 g/mol. The molecule has 1 aliphatic heterocycles. The molecule has 2 aromatic rings. The summed E-state index contributed by atoms with van der Waals surface area (Å²) in [7, 11) is 0. The normalized spacial score (nSPS) is 13.7. The summed E-state index contributed by atoms with van der Waals surface area (Å²) in [5.74, 6) is -0.0428. The number of rotatable bonds is 4. The third-order valence-electron chi connectivity index (χ3n) is 3.45. The van der Waals surface area contributed by atoms with Gasteiger partial charge in [0.1, 0.15) is 0 Å². The molecule has 0 aromatic heterocycles. The second-order valence-corrected chi connectivity index (χ2v) is 6.14. The number of carbonyl (C=O) groups excluding carboxylic acids is 2. The van der Waals surface area contributed by atoms with E-state index in [0.717, 1.165) is 17.0 Å². The van der Waals surface area contributed by atoms with Crippen molar-refractivity contribution in [2.24, 2.45) is 0 Å². The molecule has 1 heterocycles. The van der Waals surface area contributed by atoms with Crippen LogP contribution in [0.2, 0.25) is 0 Å². The molecular formula is C17H15NO2S. The highest BCUT2D eigenvalue weighted by atomic mass is 32.2. The fraction of sp³-hybridized carbons (Fsp3) is 0.176. The molecule has 0 bridgehead atoms. The Hall–Kier alpha value is -2.07. The molecule has 106 valence electrons. The molecule has 1 amide bonds. The van der Waals surface area contributed by atoms with Crippen LogP contribution in [0, 0.1) is 6.92 Å². The minimum Gasteiger partial charge on any atom is -0.304 e. The molecule has 0 radical (unpaired) electrons. The van der Waals surface area contributed by atoms with Gasteiger partial charge in [-0.3, -0.25) is 9.59 Å². The Bertz CT molecular complexity index is 697. The first-order valence-electron chi connectivity index (χ1n) is 6.81. The lowest BCUT2D eigenvalue weighted by Crippen LogP contribution is -2.31. The zero-order valence-corrected chi connectivity index (χ0v) is 12.5. The Morgan fingerprint density at radius 2 is 1.81 bits per heavy atom. The van der Waals surface area contributed by atoms with E-state index in [1.54, 1.807) is 22.7 Å². The average molecular weight is 297 g/mol. The van der Waals surface area contributed by atoms with Gasteiger partial charge in [0.15, 0.2) is 0 Å². The van der Waals surface area contributed by atoms with E-state index in [2.05, 4.69) is 0 Å². The van der Waals surface area contributed by atoms with Gasteiger partial charge in [0.05, 0.1) is 11.3 Å². The van der Waals surface area contributed by atoms with Crippen molar-refractivity contribution in [1.29, 1.82) is 0 Å². The molecular weight excluding hydrogens is 282 g/mol. The number of ketones is 1. The highest BCUT2D eigenvalue weighted by Gasteiger charge is 2.35. The van der Waals surface area contributed by atoms with Crippen molar-refractivity contribution in [1.82, 2.24) is 0 Å². The van der Waals surface area contributed by atoms with Gasteiger partial charge in [-0.05, 0) is 31.2 Å². The smallest absolute Gasteiger partial charge is 0.299 e. The summed E-state index contributed by atoms with van der Waals surface area (Å²) in [4.78, 5) is 26.8. The lowest BCUT2D eigenvalue weighted by Gasteiger charge is -2.16. The molecule has 0 fully saturated rings. The Kier molecular flexibility index (Phi) is 3.80. The molecule has 0 unspecified atom stereocenters. The van der Waals surface area contributed by atoms with Crippen LogP contribution in [-0.4, -0.2) is 24.0 Å². The fourth-order valence-corrected chi connectivity index (χ4v) is 3.27. The number of hydrogen-bond acceptors (Lipinski definition) is 3. The number of fused-ring (bicyclic) bond motifs is 1. The first-order valence-corrected chi connectivity index (χ1v) is 7.80. The standard InChI is InChI=1S/C17H15NO2S/c1-12-7-8-15-14(11-12)16(19)17(20)18(15)9-10-21-13-5-3-2-4-6-13/h2-8,11H,9-10H2,1H3. The molecule has 0 aliphatic carbocycles. The summed E-state index contributed by atoms with van der Waals surface area (Å²) in [6.07, 6.45) is 0. The fourth-order valence-electron chi connectivity index (χ4n) is 2.41. The molecule has 0 atom stereocenters. The van der Waals surface area contributed by atoms with E-state index in [0.29, 0.717) is 12.1 Å². The van der Waals surface area contributed by atoms with Crippen LogP contribution in [-0.2, 0) is 4.79 Å². The van der Waals surface area contributed by atoms with Crippen LogP contribution >= 0.6 is 11.8 Å². The zero-order chi connectivity index (χ0) is 14.8. The van der Waals surface area contributed by atoms with E-state index in [4.69, 9.17) is 0 Å². The average Bonchev–Trinajstić information content (AvgIpc) is 2.73. The molecule has 0 saturated heterocycles. The summed E-state index contributed by atoms with van der Waals surface area (Å²) in [6.45, 7) is 2.46. The van der Waals surface area contributed by atoms with Crippen molar-refractivity contribution in [2.45, 2.75) is 11.8 Å². The van der Waals surface area contributed by atoms with Crippen LogP contribution in [0.5, 0.6) is 0 Å². The van der Waals surface area contributed by atoms with Crippen LogP contribution in [0.1, 0.15) is 15.9 Å². The number of hydrogen-bond donors (Lipinski definition) is 0. The zero-order valence-electron chi connectivity index (χ0n) is 11.7. The van der Waals surface area contributed by atoms with Gasteiger partial charge in [-0.2, -0.15) is 0 Å². The topological polar surface area (TPSA) is 37.4 Å². The van der Waals surface area contributed by atoms with E-state index < -0.39 is 11.7 Å². The van der Waals surface area contributed by atoms with Gasteiger partial charge in [-0.1, -0.05) is 29.8 Å². The predicted octanol–water partition coefficient (Wildman–Crippen LogP) is 3.32. The van der Waals surface area contributed by atoms with Crippen LogP contribution in [0.25, 0.3) is 0 Å². The molecule has 0 N–H and O–H groups in total. The van der Waals surface area contributed by atoms with Crippen LogP contribution in [0.15, 0.2) is 53.4 Å². The number of thioether (sulfide) groups is 1. The Morgan fingerprint density at radius 3 is 2.57 bits per heavy atom. The van der Waals surface area contributed by atoms with E-state index in [1.807, 2.05) is 49.4 Å². The predicted molar refractivity (Wildman–Crippen MR) is 85.0 cm³/mol. The summed E-state index contributed by atoms with van der Waals surface area (Å²) < 4.78 is 0. The number of amides is 1. The van der Waals surface area contributed by atoms with Gasteiger partial charge in [0.25, 0.3) is 11.7 Å². The first-order chi connectivity index (χ1) is 10.2. The number of benzene rings is 2. The minimum atomic E-state index is -0.413. The molecule has 2 aromatic carbocycles. The largest absolute Gasteiger partial charge is 0.304 e. The number of Topliss-reactive ketones (excluding diaryl/α,β-unsaturated/α-hetero) is 1. The van der Waals surface area contributed by atoms with Crippen molar-refractivity contribution in [2.75, 3.05) is 17.2 Å². The first kappa shape index (κ1) is 13.9. The number of aryl methyl sites for hydroxylation is 1. The molecule has 3 nitrogen and oxygen atoms in total. The van der Waals surface area contributed by atoms with Crippen molar-refractivity contribution in [3.05, 3.63) is 59.7 Å². The van der Waals surface area contributed by atoms with Crippen LogP contribution < -0.4 is 4.90 Å². The van der Waals surface area contributed by atoms with E-state index >= 15 is 0 Å². The summed E-state index contributed by atoms with van der Waals surface area (Å²) >= 11 is 1.68. The maximum absolute atomic E-state index is 12.1. The van der Waals surface area contributed by atoms with E-state index in [1.165, 1.54) is 4.90 Å².